The number of carbonyl (C=O) groups excluding carboxylic acids is 1. The summed E-state index contributed by atoms with van der Waals surface area (Å²) < 4.78 is 23.0. The number of hydrogen-bond donors (Lipinski definition) is 2. The van der Waals surface area contributed by atoms with Crippen molar-refractivity contribution in [3.63, 3.8) is 0 Å². The van der Waals surface area contributed by atoms with E-state index in [2.05, 4.69) is 10.3 Å². The summed E-state index contributed by atoms with van der Waals surface area (Å²) >= 11 is 0. The van der Waals surface area contributed by atoms with Crippen LogP contribution in [0.4, 0.5) is 5.69 Å². The standard InChI is InChI=1S/C19H16N2O4S/c1-26(24,25)15-8-9-16(18(22)12-15)19(23)21-14-6-4-5-13(11-14)17-7-2-3-10-20-17/h2-12,22H,1H3,(H,21,23). The fourth-order valence-electron chi connectivity index (χ4n) is 2.42. The summed E-state index contributed by atoms with van der Waals surface area (Å²) in [5.41, 5.74) is 2.12. The van der Waals surface area contributed by atoms with Crippen LogP contribution in [0.1, 0.15) is 10.4 Å². The van der Waals surface area contributed by atoms with Crippen molar-refractivity contribution < 1.29 is 18.3 Å². The van der Waals surface area contributed by atoms with Gasteiger partial charge in [0.1, 0.15) is 5.75 Å². The highest BCUT2D eigenvalue weighted by atomic mass is 32.2. The molecule has 0 unspecified atom stereocenters. The molecule has 0 aliphatic heterocycles. The predicted molar refractivity (Wildman–Crippen MR) is 98.8 cm³/mol. The summed E-state index contributed by atoms with van der Waals surface area (Å²) in [7, 11) is -3.46. The molecule has 132 valence electrons. The number of hydrogen-bond acceptors (Lipinski definition) is 5. The number of amides is 1. The van der Waals surface area contributed by atoms with E-state index in [0.717, 1.165) is 23.6 Å². The molecule has 0 saturated carbocycles. The summed E-state index contributed by atoms with van der Waals surface area (Å²) in [4.78, 5) is 16.6. The Morgan fingerprint density at radius 1 is 1.04 bits per heavy atom. The smallest absolute Gasteiger partial charge is 0.259 e. The van der Waals surface area contributed by atoms with Crippen LogP contribution >= 0.6 is 0 Å². The Kier molecular flexibility index (Phi) is 4.73. The number of anilines is 1. The lowest BCUT2D eigenvalue weighted by Gasteiger charge is -2.09. The van der Waals surface area contributed by atoms with Gasteiger partial charge in [0, 0.05) is 23.7 Å². The van der Waals surface area contributed by atoms with Gasteiger partial charge in [-0.2, -0.15) is 0 Å². The summed E-state index contributed by atoms with van der Waals surface area (Å²) in [6, 6.07) is 16.3. The molecule has 0 spiro atoms. The first-order valence-electron chi connectivity index (χ1n) is 7.70. The third-order valence-corrected chi connectivity index (χ3v) is 4.83. The zero-order valence-corrected chi connectivity index (χ0v) is 14.7. The molecule has 7 heteroatoms. The lowest BCUT2D eigenvalue weighted by Crippen LogP contribution is -2.12. The Morgan fingerprint density at radius 3 is 2.50 bits per heavy atom. The van der Waals surface area contributed by atoms with Crippen LogP contribution in [0, 0.1) is 0 Å². The zero-order chi connectivity index (χ0) is 18.7. The lowest BCUT2D eigenvalue weighted by atomic mass is 10.1. The van der Waals surface area contributed by atoms with Crippen LogP contribution in [0.15, 0.2) is 71.8 Å². The lowest BCUT2D eigenvalue weighted by molar-refractivity contribution is 0.102. The second-order valence-corrected chi connectivity index (χ2v) is 7.72. The van der Waals surface area contributed by atoms with Crippen LogP contribution in [-0.4, -0.2) is 30.7 Å². The molecule has 0 aliphatic carbocycles. The molecule has 0 aliphatic rings. The molecular formula is C19H16N2O4S. The highest BCUT2D eigenvalue weighted by Gasteiger charge is 2.15. The van der Waals surface area contributed by atoms with Gasteiger partial charge in [-0.1, -0.05) is 18.2 Å². The number of aromatic hydroxyl groups is 1. The van der Waals surface area contributed by atoms with Crippen molar-refractivity contribution in [3.05, 3.63) is 72.4 Å². The molecule has 2 aromatic carbocycles. The molecule has 0 bridgehead atoms. The molecule has 0 radical (unpaired) electrons. The summed E-state index contributed by atoms with van der Waals surface area (Å²) in [6.07, 6.45) is 2.71. The second kappa shape index (κ2) is 6.97. The van der Waals surface area contributed by atoms with Gasteiger partial charge in [-0.3, -0.25) is 9.78 Å². The topological polar surface area (TPSA) is 96.4 Å². The maximum absolute atomic E-state index is 12.4. The van der Waals surface area contributed by atoms with Crippen LogP contribution in [0.2, 0.25) is 0 Å². The van der Waals surface area contributed by atoms with Crippen LogP contribution in [0.25, 0.3) is 11.3 Å². The quantitative estimate of drug-likeness (QED) is 0.738. The number of sulfone groups is 1. The maximum atomic E-state index is 12.4. The molecule has 6 nitrogen and oxygen atoms in total. The number of phenolic OH excluding ortho intramolecular Hbond substituents is 1. The number of pyridine rings is 1. The third-order valence-electron chi connectivity index (χ3n) is 3.72. The van der Waals surface area contributed by atoms with Crippen molar-refractivity contribution in [2.45, 2.75) is 4.90 Å². The monoisotopic (exact) mass is 368 g/mol. The van der Waals surface area contributed by atoms with E-state index in [-0.39, 0.29) is 10.5 Å². The van der Waals surface area contributed by atoms with Crippen LogP contribution in [0.5, 0.6) is 5.75 Å². The van der Waals surface area contributed by atoms with Gasteiger partial charge in [-0.15, -0.1) is 0 Å². The van der Waals surface area contributed by atoms with Crippen molar-refractivity contribution in [2.75, 3.05) is 11.6 Å². The molecule has 1 amide bonds. The Labute approximate surface area is 151 Å². The fourth-order valence-corrected chi connectivity index (χ4v) is 3.06. The molecule has 0 saturated heterocycles. The summed E-state index contributed by atoms with van der Waals surface area (Å²) in [6.45, 7) is 0. The van der Waals surface area contributed by atoms with E-state index in [1.165, 1.54) is 12.1 Å². The van der Waals surface area contributed by atoms with Crippen LogP contribution in [-0.2, 0) is 9.84 Å². The van der Waals surface area contributed by atoms with Crippen LogP contribution in [0.3, 0.4) is 0 Å². The molecule has 3 rings (SSSR count). The molecule has 3 aromatic rings. The first-order valence-corrected chi connectivity index (χ1v) is 9.59. The van der Waals surface area contributed by atoms with E-state index >= 15 is 0 Å². The number of benzene rings is 2. The molecule has 26 heavy (non-hydrogen) atoms. The largest absolute Gasteiger partial charge is 0.507 e. The van der Waals surface area contributed by atoms with Crippen molar-refractivity contribution in [3.8, 4) is 17.0 Å². The van der Waals surface area contributed by atoms with Gasteiger partial charge >= 0.3 is 0 Å². The van der Waals surface area contributed by atoms with E-state index in [9.17, 15) is 18.3 Å². The van der Waals surface area contributed by atoms with E-state index in [1.54, 1.807) is 24.4 Å². The number of phenols is 1. The molecule has 1 aromatic heterocycles. The van der Waals surface area contributed by atoms with Gasteiger partial charge in [0.05, 0.1) is 16.2 Å². The normalized spacial score (nSPS) is 11.1. The number of nitrogens with zero attached hydrogens (tertiary/aromatic N) is 1. The highest BCUT2D eigenvalue weighted by molar-refractivity contribution is 7.90. The Bertz CT molecular complexity index is 1060. The molecule has 0 fully saturated rings. The minimum absolute atomic E-state index is 0.0133. The van der Waals surface area contributed by atoms with Crippen molar-refractivity contribution in [2.24, 2.45) is 0 Å². The molecular weight excluding hydrogens is 352 g/mol. The average Bonchev–Trinajstić information content (AvgIpc) is 2.61. The van der Waals surface area contributed by atoms with Gasteiger partial charge < -0.3 is 10.4 Å². The third kappa shape index (κ3) is 3.89. The van der Waals surface area contributed by atoms with Crippen molar-refractivity contribution in [1.29, 1.82) is 0 Å². The Morgan fingerprint density at radius 2 is 1.85 bits per heavy atom. The van der Waals surface area contributed by atoms with E-state index in [0.29, 0.717) is 5.69 Å². The number of carbonyl (C=O) groups is 1. The molecule has 0 atom stereocenters. The van der Waals surface area contributed by atoms with E-state index in [4.69, 9.17) is 0 Å². The minimum atomic E-state index is -3.46. The van der Waals surface area contributed by atoms with E-state index < -0.39 is 21.5 Å². The van der Waals surface area contributed by atoms with Crippen molar-refractivity contribution >= 4 is 21.4 Å². The number of aromatic nitrogens is 1. The second-order valence-electron chi connectivity index (χ2n) is 5.70. The van der Waals surface area contributed by atoms with Crippen LogP contribution < -0.4 is 5.32 Å². The van der Waals surface area contributed by atoms with Gasteiger partial charge in [-0.25, -0.2) is 8.42 Å². The fraction of sp³-hybridized carbons (Fsp3) is 0.0526. The molecule has 2 N–H and O–H groups in total. The van der Waals surface area contributed by atoms with Gasteiger partial charge in [0.15, 0.2) is 9.84 Å². The highest BCUT2D eigenvalue weighted by Crippen LogP contribution is 2.24. The number of rotatable bonds is 4. The summed E-state index contributed by atoms with van der Waals surface area (Å²) in [5, 5.41) is 12.7. The SMILES string of the molecule is CS(=O)(=O)c1ccc(C(=O)Nc2cccc(-c3ccccn3)c2)c(O)c1. The van der Waals surface area contributed by atoms with E-state index in [1.807, 2.05) is 24.3 Å². The minimum Gasteiger partial charge on any atom is -0.507 e. The first kappa shape index (κ1) is 17.6. The maximum Gasteiger partial charge on any atom is 0.259 e. The summed E-state index contributed by atoms with van der Waals surface area (Å²) in [5.74, 6) is -0.938. The van der Waals surface area contributed by atoms with Gasteiger partial charge in [0.2, 0.25) is 0 Å². The van der Waals surface area contributed by atoms with Gasteiger partial charge in [-0.05, 0) is 42.5 Å². The number of nitrogens with one attached hydrogen (secondary N) is 1. The Hall–Kier alpha value is -3.19. The zero-order valence-electron chi connectivity index (χ0n) is 13.9. The Balaban J connectivity index is 1.85. The first-order chi connectivity index (χ1) is 12.3. The molecule has 1 heterocycles. The van der Waals surface area contributed by atoms with Crippen molar-refractivity contribution in [1.82, 2.24) is 4.98 Å². The predicted octanol–water partition coefficient (Wildman–Crippen LogP) is 3.11. The van der Waals surface area contributed by atoms with Gasteiger partial charge in [0.25, 0.3) is 5.91 Å². The average molecular weight is 368 g/mol.